The molecule has 0 fully saturated rings. The summed E-state index contributed by atoms with van der Waals surface area (Å²) in [5.41, 5.74) is 3.92. The van der Waals surface area contributed by atoms with Crippen molar-refractivity contribution in [3.05, 3.63) is 77.9 Å². The highest BCUT2D eigenvalue weighted by atomic mass is 16.3. The van der Waals surface area contributed by atoms with Gasteiger partial charge in [0.05, 0.1) is 6.21 Å². The van der Waals surface area contributed by atoms with Crippen LogP contribution in [-0.2, 0) is 16.1 Å². The smallest absolute Gasteiger partial charge is 0.240 e. The van der Waals surface area contributed by atoms with Crippen LogP contribution < -0.4 is 10.7 Å². The molecule has 3 N–H and O–H groups in total. The van der Waals surface area contributed by atoms with Crippen molar-refractivity contribution in [3.8, 4) is 5.75 Å². The van der Waals surface area contributed by atoms with Crippen LogP contribution in [0.25, 0.3) is 10.8 Å². The molecule has 0 atom stereocenters. The molecule has 0 radical (unpaired) electrons. The summed E-state index contributed by atoms with van der Waals surface area (Å²) in [6.45, 7) is 0.430. The minimum atomic E-state index is -0.370. The first-order valence-electron chi connectivity index (χ1n) is 8.97. The fourth-order valence-electron chi connectivity index (χ4n) is 2.76. The molecule has 0 aliphatic heterocycles. The van der Waals surface area contributed by atoms with Gasteiger partial charge in [0, 0.05) is 24.9 Å². The van der Waals surface area contributed by atoms with Crippen LogP contribution in [0.1, 0.15) is 24.0 Å². The number of benzene rings is 3. The number of carbonyl (C=O) groups is 2. The number of fused-ring (bicyclic) bond motifs is 1. The summed E-state index contributed by atoms with van der Waals surface area (Å²) in [6, 6.07) is 20.5. The van der Waals surface area contributed by atoms with Gasteiger partial charge in [-0.25, -0.2) is 5.43 Å². The third-order valence-electron chi connectivity index (χ3n) is 4.24. The summed E-state index contributed by atoms with van der Waals surface area (Å²) in [4.78, 5) is 23.7. The van der Waals surface area contributed by atoms with Crippen molar-refractivity contribution in [2.24, 2.45) is 5.10 Å². The molecule has 142 valence electrons. The van der Waals surface area contributed by atoms with E-state index in [2.05, 4.69) is 15.8 Å². The van der Waals surface area contributed by atoms with Crippen LogP contribution >= 0.6 is 0 Å². The standard InChI is InChI=1S/C22H21N3O3/c26-20-11-10-17-8-4-5-9-18(17)19(20)15-24-25-22(28)13-12-21(27)23-14-16-6-2-1-3-7-16/h1-11,15,26H,12-14H2,(H,23,27)(H,25,28). The van der Waals surface area contributed by atoms with Gasteiger partial charge in [0.25, 0.3) is 0 Å². The van der Waals surface area contributed by atoms with Gasteiger partial charge in [-0.3, -0.25) is 9.59 Å². The zero-order chi connectivity index (χ0) is 19.8. The normalized spacial score (nSPS) is 10.9. The molecule has 0 unspecified atom stereocenters. The van der Waals surface area contributed by atoms with Crippen molar-refractivity contribution in [3.63, 3.8) is 0 Å². The maximum atomic E-state index is 11.9. The molecule has 28 heavy (non-hydrogen) atoms. The Balaban J connectivity index is 1.48. The molecule has 0 saturated carbocycles. The van der Waals surface area contributed by atoms with Gasteiger partial charge in [-0.2, -0.15) is 5.10 Å². The molecular weight excluding hydrogens is 354 g/mol. The Morgan fingerprint density at radius 3 is 2.43 bits per heavy atom. The van der Waals surface area contributed by atoms with Crippen molar-refractivity contribution < 1.29 is 14.7 Å². The predicted molar refractivity (Wildman–Crippen MR) is 109 cm³/mol. The van der Waals surface area contributed by atoms with Crippen molar-refractivity contribution in [1.82, 2.24) is 10.7 Å². The summed E-state index contributed by atoms with van der Waals surface area (Å²) in [5, 5.41) is 18.5. The summed E-state index contributed by atoms with van der Waals surface area (Å²) in [6.07, 6.45) is 1.51. The Kier molecular flexibility index (Phi) is 6.36. The van der Waals surface area contributed by atoms with E-state index in [0.29, 0.717) is 12.1 Å². The largest absolute Gasteiger partial charge is 0.507 e. The highest BCUT2D eigenvalue weighted by Gasteiger charge is 2.07. The first kappa shape index (κ1) is 19.1. The molecule has 3 rings (SSSR count). The number of hydrogen-bond donors (Lipinski definition) is 3. The molecule has 0 heterocycles. The number of hydrazone groups is 1. The van der Waals surface area contributed by atoms with E-state index in [1.807, 2.05) is 60.7 Å². The average molecular weight is 375 g/mol. The number of phenolic OH excluding ortho intramolecular Hbond substituents is 1. The van der Waals surface area contributed by atoms with E-state index in [9.17, 15) is 14.7 Å². The van der Waals surface area contributed by atoms with E-state index in [1.165, 1.54) is 6.21 Å². The third-order valence-corrected chi connectivity index (χ3v) is 4.24. The van der Waals surface area contributed by atoms with E-state index in [1.54, 1.807) is 6.07 Å². The number of aromatic hydroxyl groups is 1. The lowest BCUT2D eigenvalue weighted by Gasteiger charge is -2.06. The number of nitrogens with zero attached hydrogens (tertiary/aromatic N) is 1. The van der Waals surface area contributed by atoms with Gasteiger partial charge in [0.15, 0.2) is 0 Å². The molecule has 0 aliphatic rings. The molecular formula is C22H21N3O3. The fourth-order valence-corrected chi connectivity index (χ4v) is 2.76. The minimum absolute atomic E-state index is 0.0273. The summed E-state index contributed by atoms with van der Waals surface area (Å²) >= 11 is 0. The van der Waals surface area contributed by atoms with Gasteiger partial charge < -0.3 is 10.4 Å². The van der Waals surface area contributed by atoms with E-state index < -0.39 is 0 Å². The summed E-state index contributed by atoms with van der Waals surface area (Å²) in [5.74, 6) is -0.488. The lowest BCUT2D eigenvalue weighted by atomic mass is 10.0. The number of phenols is 1. The monoisotopic (exact) mass is 375 g/mol. The molecule has 0 bridgehead atoms. The van der Waals surface area contributed by atoms with Crippen LogP contribution in [0.15, 0.2) is 71.8 Å². The predicted octanol–water partition coefficient (Wildman–Crippen LogP) is 3.09. The Labute approximate surface area is 162 Å². The first-order chi connectivity index (χ1) is 13.6. The molecule has 6 heteroatoms. The highest BCUT2D eigenvalue weighted by Crippen LogP contribution is 2.25. The second-order valence-electron chi connectivity index (χ2n) is 6.28. The third kappa shape index (κ3) is 5.17. The first-order valence-corrected chi connectivity index (χ1v) is 8.97. The van der Waals surface area contributed by atoms with Crippen LogP contribution in [0.5, 0.6) is 5.75 Å². The van der Waals surface area contributed by atoms with E-state index >= 15 is 0 Å². The summed E-state index contributed by atoms with van der Waals surface area (Å²) in [7, 11) is 0. The highest BCUT2D eigenvalue weighted by molar-refractivity contribution is 6.02. The maximum absolute atomic E-state index is 11.9. The zero-order valence-corrected chi connectivity index (χ0v) is 15.3. The molecule has 0 saturated heterocycles. The number of rotatable bonds is 7. The average Bonchev–Trinajstić information content (AvgIpc) is 2.73. The van der Waals surface area contributed by atoms with Crippen molar-refractivity contribution >= 4 is 28.8 Å². The molecule has 6 nitrogen and oxygen atoms in total. The van der Waals surface area contributed by atoms with Crippen molar-refractivity contribution in [2.75, 3.05) is 0 Å². The Morgan fingerprint density at radius 2 is 1.61 bits per heavy atom. The van der Waals surface area contributed by atoms with Gasteiger partial charge in [0.1, 0.15) is 5.75 Å². The Bertz CT molecular complexity index is 1000. The second kappa shape index (κ2) is 9.32. The molecule has 3 aromatic carbocycles. The molecule has 0 aromatic heterocycles. The van der Waals surface area contributed by atoms with Gasteiger partial charge in [-0.15, -0.1) is 0 Å². The quantitative estimate of drug-likeness (QED) is 0.438. The van der Waals surface area contributed by atoms with Crippen molar-refractivity contribution in [1.29, 1.82) is 0 Å². The van der Waals surface area contributed by atoms with E-state index in [0.717, 1.165) is 16.3 Å². The number of nitrogens with one attached hydrogen (secondary N) is 2. The van der Waals surface area contributed by atoms with Crippen LogP contribution in [0, 0.1) is 0 Å². The van der Waals surface area contributed by atoms with Crippen LogP contribution in [0.3, 0.4) is 0 Å². The van der Waals surface area contributed by atoms with Crippen LogP contribution in [0.4, 0.5) is 0 Å². The van der Waals surface area contributed by atoms with Crippen LogP contribution in [-0.4, -0.2) is 23.1 Å². The van der Waals surface area contributed by atoms with Gasteiger partial charge in [0.2, 0.25) is 11.8 Å². The van der Waals surface area contributed by atoms with Gasteiger partial charge >= 0.3 is 0 Å². The number of amides is 2. The SMILES string of the molecule is O=C(CCC(=O)NN=Cc1c(O)ccc2ccccc12)NCc1ccccc1. The van der Waals surface area contributed by atoms with Crippen LogP contribution in [0.2, 0.25) is 0 Å². The minimum Gasteiger partial charge on any atom is -0.507 e. The Hall–Kier alpha value is -3.67. The number of carbonyl (C=O) groups excluding carboxylic acids is 2. The maximum Gasteiger partial charge on any atom is 0.240 e. The zero-order valence-electron chi connectivity index (χ0n) is 15.3. The molecule has 2 amide bonds. The topological polar surface area (TPSA) is 90.8 Å². The Morgan fingerprint density at radius 1 is 0.893 bits per heavy atom. The number of hydrogen-bond acceptors (Lipinski definition) is 4. The van der Waals surface area contributed by atoms with Gasteiger partial charge in [-0.05, 0) is 22.4 Å². The molecule has 0 spiro atoms. The van der Waals surface area contributed by atoms with E-state index in [-0.39, 0.29) is 30.4 Å². The van der Waals surface area contributed by atoms with E-state index in [4.69, 9.17) is 0 Å². The molecule has 0 aliphatic carbocycles. The second-order valence-corrected chi connectivity index (χ2v) is 6.28. The lowest BCUT2D eigenvalue weighted by molar-refractivity contribution is -0.126. The van der Waals surface area contributed by atoms with Gasteiger partial charge in [-0.1, -0.05) is 60.7 Å². The lowest BCUT2D eigenvalue weighted by Crippen LogP contribution is -2.25. The van der Waals surface area contributed by atoms with Crippen molar-refractivity contribution in [2.45, 2.75) is 19.4 Å². The molecule has 3 aromatic rings. The fraction of sp³-hybridized carbons (Fsp3) is 0.136. The summed E-state index contributed by atoms with van der Waals surface area (Å²) < 4.78 is 0.